The molecule has 0 bridgehead atoms. The van der Waals surface area contributed by atoms with Crippen LogP contribution in [0.3, 0.4) is 0 Å². The van der Waals surface area contributed by atoms with Gasteiger partial charge in [0.1, 0.15) is 5.65 Å². The summed E-state index contributed by atoms with van der Waals surface area (Å²) in [4.78, 5) is 22.3. The van der Waals surface area contributed by atoms with Gasteiger partial charge in [0.2, 0.25) is 5.91 Å². The van der Waals surface area contributed by atoms with Gasteiger partial charge in [-0.1, -0.05) is 24.4 Å². The number of rotatable bonds is 3. The van der Waals surface area contributed by atoms with E-state index in [-0.39, 0.29) is 30.3 Å². The van der Waals surface area contributed by atoms with Gasteiger partial charge in [-0.2, -0.15) is 0 Å². The van der Waals surface area contributed by atoms with Crippen LogP contribution < -0.4 is 16.0 Å². The van der Waals surface area contributed by atoms with Gasteiger partial charge in [-0.25, -0.2) is 4.98 Å². The minimum absolute atomic E-state index is 0. The molecule has 2 fully saturated rings. The number of aromatic nitrogens is 2. The number of halogens is 2. The van der Waals surface area contributed by atoms with E-state index in [1.165, 1.54) is 0 Å². The van der Waals surface area contributed by atoms with Crippen molar-refractivity contribution in [3.8, 4) is 0 Å². The molecule has 0 aromatic carbocycles. The highest BCUT2D eigenvalue weighted by atomic mass is 35.5. The average Bonchev–Trinajstić information content (AvgIpc) is 3.25. The van der Waals surface area contributed by atoms with Crippen LogP contribution in [-0.4, -0.2) is 35.0 Å². The van der Waals surface area contributed by atoms with Gasteiger partial charge in [0.25, 0.3) is 0 Å². The number of aromatic amines is 1. The number of hydrogen-bond acceptors (Lipinski definition) is 4. The summed E-state index contributed by atoms with van der Waals surface area (Å²) in [5.74, 6) is 0.212. The van der Waals surface area contributed by atoms with Gasteiger partial charge < -0.3 is 20.9 Å². The van der Waals surface area contributed by atoms with E-state index >= 15 is 0 Å². The van der Waals surface area contributed by atoms with Crippen molar-refractivity contribution in [3.63, 3.8) is 0 Å². The molecule has 4 N–H and O–H groups in total. The Labute approximate surface area is 164 Å². The van der Waals surface area contributed by atoms with E-state index in [2.05, 4.69) is 20.2 Å². The Morgan fingerprint density at radius 3 is 2.81 bits per heavy atom. The van der Waals surface area contributed by atoms with Gasteiger partial charge >= 0.3 is 0 Å². The summed E-state index contributed by atoms with van der Waals surface area (Å²) < 4.78 is 0. The molecule has 26 heavy (non-hydrogen) atoms. The molecular weight excluding hydrogens is 373 g/mol. The van der Waals surface area contributed by atoms with E-state index in [1.54, 1.807) is 6.20 Å². The monoisotopic (exact) mass is 397 g/mol. The topological polar surface area (TPSA) is 87.0 Å². The van der Waals surface area contributed by atoms with E-state index in [4.69, 9.17) is 17.3 Å². The second kappa shape index (κ2) is 8.03. The Kier molecular flexibility index (Phi) is 5.95. The Morgan fingerprint density at radius 1 is 1.31 bits per heavy atom. The van der Waals surface area contributed by atoms with Gasteiger partial charge in [0.15, 0.2) is 0 Å². The van der Waals surface area contributed by atoms with Crippen molar-refractivity contribution in [2.45, 2.75) is 44.6 Å². The molecule has 6 nitrogen and oxygen atoms in total. The normalized spacial score (nSPS) is 21.0. The van der Waals surface area contributed by atoms with E-state index in [0.29, 0.717) is 5.02 Å². The first-order valence-corrected chi connectivity index (χ1v) is 9.48. The summed E-state index contributed by atoms with van der Waals surface area (Å²) >= 11 is 6.51. The maximum absolute atomic E-state index is 12.6. The van der Waals surface area contributed by atoms with Crippen molar-refractivity contribution in [1.82, 2.24) is 9.97 Å². The molecule has 0 radical (unpaired) electrons. The Hall–Kier alpha value is -1.50. The standard InChI is InChI=1S/C18H24ClN5O.ClH/c19-13-8-21-17-15(16(13)24-7-3-6-12(20)10-24)14(9-22-17)23-18(25)11-4-1-2-5-11;/h8-9,11-12H,1-7,10,20H2,(H,21,22)(H,23,25);1H. The van der Waals surface area contributed by atoms with Crippen LogP contribution in [0.4, 0.5) is 11.4 Å². The highest BCUT2D eigenvalue weighted by Gasteiger charge is 2.26. The Morgan fingerprint density at radius 2 is 2.08 bits per heavy atom. The smallest absolute Gasteiger partial charge is 0.227 e. The molecule has 0 spiro atoms. The highest BCUT2D eigenvalue weighted by molar-refractivity contribution is 6.35. The van der Waals surface area contributed by atoms with Crippen molar-refractivity contribution in [3.05, 3.63) is 17.4 Å². The van der Waals surface area contributed by atoms with Crippen molar-refractivity contribution in [2.75, 3.05) is 23.3 Å². The summed E-state index contributed by atoms with van der Waals surface area (Å²) in [6, 6.07) is 0.142. The van der Waals surface area contributed by atoms with Crippen molar-refractivity contribution in [1.29, 1.82) is 0 Å². The summed E-state index contributed by atoms with van der Waals surface area (Å²) in [5.41, 5.74) is 8.57. The predicted molar refractivity (Wildman–Crippen MR) is 108 cm³/mol. The molecule has 2 aromatic rings. The first kappa shape index (κ1) is 19.3. The predicted octanol–water partition coefficient (Wildman–Crippen LogP) is 3.69. The number of carbonyl (C=O) groups excluding carboxylic acids is 1. The van der Waals surface area contributed by atoms with E-state index < -0.39 is 0 Å². The number of amides is 1. The molecule has 1 aliphatic heterocycles. The fourth-order valence-electron chi connectivity index (χ4n) is 4.10. The lowest BCUT2D eigenvalue weighted by atomic mass is 10.0. The van der Waals surface area contributed by atoms with Crippen molar-refractivity contribution < 1.29 is 4.79 Å². The number of hydrogen-bond donors (Lipinski definition) is 3. The van der Waals surface area contributed by atoms with Gasteiger partial charge in [-0.05, 0) is 25.7 Å². The lowest BCUT2D eigenvalue weighted by Crippen LogP contribution is -2.43. The van der Waals surface area contributed by atoms with Crippen LogP contribution in [0.2, 0.25) is 5.02 Å². The van der Waals surface area contributed by atoms with Gasteiger partial charge in [-0.15, -0.1) is 12.4 Å². The first-order chi connectivity index (χ1) is 12.1. The van der Waals surface area contributed by atoms with Crippen molar-refractivity contribution >= 4 is 52.3 Å². The molecule has 1 amide bonds. The number of pyridine rings is 1. The molecule has 2 aliphatic rings. The number of H-pyrrole nitrogens is 1. The van der Waals surface area contributed by atoms with Crippen LogP contribution >= 0.6 is 24.0 Å². The fourth-order valence-corrected chi connectivity index (χ4v) is 4.36. The minimum atomic E-state index is 0. The molecule has 1 aliphatic carbocycles. The van der Waals surface area contributed by atoms with Crippen LogP contribution in [0.15, 0.2) is 12.4 Å². The molecule has 1 atom stereocenters. The lowest BCUT2D eigenvalue weighted by Gasteiger charge is -2.33. The molecule has 1 unspecified atom stereocenters. The zero-order valence-electron chi connectivity index (χ0n) is 14.6. The third-order valence-corrected chi connectivity index (χ3v) is 5.66. The van der Waals surface area contributed by atoms with E-state index in [1.807, 2.05) is 6.20 Å². The molecule has 3 heterocycles. The van der Waals surface area contributed by atoms with Gasteiger partial charge in [0, 0.05) is 31.2 Å². The molecule has 8 heteroatoms. The minimum Gasteiger partial charge on any atom is -0.368 e. The van der Waals surface area contributed by atoms with E-state index in [9.17, 15) is 4.79 Å². The van der Waals surface area contributed by atoms with Crippen LogP contribution in [0.1, 0.15) is 38.5 Å². The number of nitrogens with two attached hydrogens (primary N) is 1. The van der Waals surface area contributed by atoms with Crippen LogP contribution in [0.25, 0.3) is 11.0 Å². The summed E-state index contributed by atoms with van der Waals surface area (Å²) in [6.45, 7) is 1.67. The second-order valence-corrected chi connectivity index (χ2v) is 7.61. The van der Waals surface area contributed by atoms with E-state index in [0.717, 1.165) is 74.0 Å². The first-order valence-electron chi connectivity index (χ1n) is 9.10. The second-order valence-electron chi connectivity index (χ2n) is 7.20. The number of nitrogens with one attached hydrogen (secondary N) is 2. The van der Waals surface area contributed by atoms with Crippen LogP contribution in [-0.2, 0) is 4.79 Å². The third kappa shape index (κ3) is 3.63. The summed E-state index contributed by atoms with van der Waals surface area (Å²) in [5, 5.41) is 4.58. The van der Waals surface area contributed by atoms with Gasteiger partial charge in [0.05, 0.1) is 28.0 Å². The SMILES string of the molecule is Cl.NC1CCCN(c2c(Cl)cnc3[nH]cc(NC(=O)C4CCCC4)c23)C1. The summed E-state index contributed by atoms with van der Waals surface area (Å²) in [6.07, 6.45) is 9.76. The number of nitrogens with zero attached hydrogens (tertiary/aromatic N) is 2. The Bertz CT molecular complexity index is 787. The zero-order valence-corrected chi connectivity index (χ0v) is 16.2. The molecule has 4 rings (SSSR count). The largest absolute Gasteiger partial charge is 0.368 e. The average molecular weight is 398 g/mol. The third-order valence-electron chi connectivity index (χ3n) is 5.39. The Balaban J connectivity index is 0.00000196. The molecular formula is C18H25Cl2N5O. The van der Waals surface area contributed by atoms with Crippen LogP contribution in [0.5, 0.6) is 0 Å². The number of anilines is 2. The highest BCUT2D eigenvalue weighted by Crippen LogP contribution is 2.39. The van der Waals surface area contributed by atoms with Gasteiger partial charge in [-0.3, -0.25) is 4.79 Å². The van der Waals surface area contributed by atoms with Crippen molar-refractivity contribution in [2.24, 2.45) is 11.7 Å². The molecule has 1 saturated carbocycles. The van der Waals surface area contributed by atoms with Crippen LogP contribution in [0, 0.1) is 5.92 Å². The molecule has 2 aromatic heterocycles. The number of fused-ring (bicyclic) bond motifs is 1. The lowest BCUT2D eigenvalue weighted by molar-refractivity contribution is -0.119. The number of carbonyl (C=O) groups is 1. The maximum atomic E-state index is 12.6. The maximum Gasteiger partial charge on any atom is 0.227 e. The molecule has 142 valence electrons. The zero-order chi connectivity index (χ0) is 17.4. The quantitative estimate of drug-likeness (QED) is 0.736. The summed E-state index contributed by atoms with van der Waals surface area (Å²) in [7, 11) is 0. The fraction of sp³-hybridized carbons (Fsp3) is 0.556. The number of piperidine rings is 1. The molecule has 1 saturated heterocycles.